The van der Waals surface area contributed by atoms with Gasteiger partial charge in [-0.3, -0.25) is 0 Å². The molecule has 1 rings (SSSR count). The molecule has 0 radical (unpaired) electrons. The van der Waals surface area contributed by atoms with Gasteiger partial charge >= 0.3 is 0 Å². The average Bonchev–Trinajstić information content (AvgIpc) is 2.33. The Hall–Kier alpha value is 0.580. The van der Waals surface area contributed by atoms with Crippen molar-refractivity contribution in [3.63, 3.8) is 0 Å². The van der Waals surface area contributed by atoms with E-state index in [1.807, 2.05) is 6.08 Å². The first kappa shape index (κ1) is 12.6. The molecule has 0 bridgehead atoms. The van der Waals surface area contributed by atoms with Gasteiger partial charge in [0.25, 0.3) is 0 Å². The summed E-state index contributed by atoms with van der Waals surface area (Å²) < 4.78 is 6.30. The first-order chi connectivity index (χ1) is 6.52. The fourth-order valence-corrected chi connectivity index (χ4v) is 1.99. The van der Waals surface area contributed by atoms with Crippen molar-refractivity contribution in [1.82, 2.24) is 0 Å². The van der Waals surface area contributed by atoms with Gasteiger partial charge in [0.2, 0.25) is 0 Å². The van der Waals surface area contributed by atoms with Gasteiger partial charge in [0, 0.05) is 0 Å². The Bertz CT molecular complexity index is 216. The van der Waals surface area contributed by atoms with Crippen LogP contribution in [0.1, 0.15) is 19.8 Å². The Kier molecular flexibility index (Phi) is 5.06. The maximum absolute atomic E-state index is 9.57. The molecule has 2 N–H and O–H groups in total. The standard InChI is InChI=1S/C9H14Br2O3/c1-5-8(12)9(13)6(14-5)3-2-4-7(10)11/h4-6,8-9,12-13H,2-3H2,1H3/t5-,6+,8?,9-/m0/s1. The highest BCUT2D eigenvalue weighted by Crippen LogP contribution is 2.25. The van der Waals surface area contributed by atoms with Crippen LogP contribution in [0.15, 0.2) is 9.47 Å². The van der Waals surface area contributed by atoms with Crippen molar-refractivity contribution in [3.8, 4) is 0 Å². The minimum atomic E-state index is -0.757. The predicted molar refractivity (Wildman–Crippen MR) is 61.5 cm³/mol. The molecule has 82 valence electrons. The second-order valence-electron chi connectivity index (χ2n) is 3.43. The summed E-state index contributed by atoms with van der Waals surface area (Å²) >= 11 is 6.50. The molecule has 5 heteroatoms. The number of hydrogen-bond acceptors (Lipinski definition) is 3. The van der Waals surface area contributed by atoms with Crippen molar-refractivity contribution in [2.75, 3.05) is 0 Å². The van der Waals surface area contributed by atoms with E-state index in [-0.39, 0.29) is 12.2 Å². The molecule has 0 saturated carbocycles. The molecule has 0 amide bonds. The summed E-state index contributed by atoms with van der Waals surface area (Å²) in [5.74, 6) is 0. The highest BCUT2D eigenvalue weighted by molar-refractivity contribution is 9.28. The molecule has 3 nitrogen and oxygen atoms in total. The number of aliphatic hydroxyl groups excluding tert-OH is 2. The normalized spacial score (nSPS) is 37.2. The highest BCUT2D eigenvalue weighted by atomic mass is 79.9. The molecule has 0 aromatic rings. The quantitative estimate of drug-likeness (QED) is 0.831. The third kappa shape index (κ3) is 3.31. The van der Waals surface area contributed by atoms with Crippen LogP contribution in [0.3, 0.4) is 0 Å². The van der Waals surface area contributed by atoms with Crippen molar-refractivity contribution < 1.29 is 14.9 Å². The molecule has 1 fully saturated rings. The molecule has 0 aromatic heterocycles. The average molecular weight is 330 g/mol. The molecule has 14 heavy (non-hydrogen) atoms. The Morgan fingerprint density at radius 2 is 2.00 bits per heavy atom. The smallest absolute Gasteiger partial charge is 0.109 e. The summed E-state index contributed by atoms with van der Waals surface area (Å²) in [6.07, 6.45) is 1.42. The fourth-order valence-electron chi connectivity index (χ4n) is 1.53. The van der Waals surface area contributed by atoms with Crippen LogP contribution in [0.2, 0.25) is 0 Å². The summed E-state index contributed by atoms with van der Waals surface area (Å²) in [6, 6.07) is 0. The van der Waals surface area contributed by atoms with Crippen LogP contribution in [0.4, 0.5) is 0 Å². The van der Waals surface area contributed by atoms with Crippen molar-refractivity contribution in [2.45, 2.75) is 44.2 Å². The van der Waals surface area contributed by atoms with Crippen molar-refractivity contribution in [1.29, 1.82) is 0 Å². The molecule has 0 aliphatic carbocycles. The summed E-state index contributed by atoms with van der Waals surface area (Å²) in [7, 11) is 0. The van der Waals surface area contributed by atoms with E-state index in [0.29, 0.717) is 6.42 Å². The van der Waals surface area contributed by atoms with Crippen molar-refractivity contribution in [2.24, 2.45) is 0 Å². The fraction of sp³-hybridized carbons (Fsp3) is 0.778. The Morgan fingerprint density at radius 3 is 2.43 bits per heavy atom. The van der Waals surface area contributed by atoms with E-state index in [2.05, 4.69) is 31.9 Å². The molecular formula is C9H14Br2O3. The van der Waals surface area contributed by atoms with E-state index >= 15 is 0 Å². The second kappa shape index (κ2) is 5.61. The Morgan fingerprint density at radius 1 is 1.36 bits per heavy atom. The molecule has 1 aliphatic rings. The summed E-state index contributed by atoms with van der Waals surface area (Å²) in [5, 5.41) is 19.0. The van der Waals surface area contributed by atoms with Crippen LogP contribution < -0.4 is 0 Å². The number of aliphatic hydroxyl groups is 2. The van der Waals surface area contributed by atoms with Crippen LogP contribution >= 0.6 is 31.9 Å². The van der Waals surface area contributed by atoms with E-state index < -0.39 is 12.2 Å². The van der Waals surface area contributed by atoms with Gasteiger partial charge in [-0.25, -0.2) is 0 Å². The van der Waals surface area contributed by atoms with Crippen LogP contribution in [0, 0.1) is 0 Å². The van der Waals surface area contributed by atoms with E-state index in [0.717, 1.165) is 9.81 Å². The molecule has 0 aromatic carbocycles. The molecule has 1 saturated heterocycles. The van der Waals surface area contributed by atoms with Crippen LogP contribution in [-0.4, -0.2) is 34.6 Å². The van der Waals surface area contributed by atoms with Gasteiger partial charge in [-0.2, -0.15) is 0 Å². The van der Waals surface area contributed by atoms with Crippen molar-refractivity contribution >= 4 is 31.9 Å². The molecule has 4 atom stereocenters. The minimum Gasteiger partial charge on any atom is -0.388 e. The first-order valence-corrected chi connectivity index (χ1v) is 6.13. The third-order valence-corrected chi connectivity index (χ3v) is 3.00. The number of halogens is 2. The summed E-state index contributed by atoms with van der Waals surface area (Å²) in [4.78, 5) is 0. The van der Waals surface area contributed by atoms with Gasteiger partial charge in [0.05, 0.1) is 15.6 Å². The Balaban J connectivity index is 2.36. The predicted octanol–water partition coefficient (Wildman–Crippen LogP) is 1.91. The summed E-state index contributed by atoms with van der Waals surface area (Å²) in [5.41, 5.74) is 0. The van der Waals surface area contributed by atoms with Gasteiger partial charge in [-0.15, -0.1) is 0 Å². The number of ether oxygens (including phenoxy) is 1. The zero-order chi connectivity index (χ0) is 10.7. The lowest BCUT2D eigenvalue weighted by molar-refractivity contribution is 0.0121. The molecular weight excluding hydrogens is 316 g/mol. The highest BCUT2D eigenvalue weighted by Gasteiger charge is 2.39. The number of hydrogen-bond donors (Lipinski definition) is 2. The van der Waals surface area contributed by atoms with Gasteiger partial charge in [-0.1, -0.05) is 6.08 Å². The molecule has 1 aliphatic heterocycles. The van der Waals surface area contributed by atoms with Crippen LogP contribution in [0.5, 0.6) is 0 Å². The van der Waals surface area contributed by atoms with Gasteiger partial charge in [0.15, 0.2) is 0 Å². The largest absolute Gasteiger partial charge is 0.388 e. The third-order valence-electron chi connectivity index (χ3n) is 2.35. The molecule has 0 spiro atoms. The monoisotopic (exact) mass is 328 g/mol. The minimum absolute atomic E-state index is 0.254. The lowest BCUT2D eigenvalue weighted by Gasteiger charge is -2.12. The van der Waals surface area contributed by atoms with E-state index in [1.54, 1.807) is 6.92 Å². The topological polar surface area (TPSA) is 49.7 Å². The zero-order valence-corrected chi connectivity index (χ0v) is 11.0. The number of rotatable bonds is 3. The van der Waals surface area contributed by atoms with E-state index in [1.165, 1.54) is 0 Å². The Labute approximate surface area is 100 Å². The maximum atomic E-state index is 9.57. The SMILES string of the molecule is C[C@@H]1O[C@H](CCC=C(Br)Br)[C@H](O)C1O. The van der Waals surface area contributed by atoms with E-state index in [4.69, 9.17) is 4.74 Å². The molecule has 1 heterocycles. The lowest BCUT2D eigenvalue weighted by Crippen LogP contribution is -2.31. The van der Waals surface area contributed by atoms with Gasteiger partial charge < -0.3 is 14.9 Å². The van der Waals surface area contributed by atoms with Crippen LogP contribution in [0.25, 0.3) is 0 Å². The van der Waals surface area contributed by atoms with Crippen LogP contribution in [-0.2, 0) is 4.74 Å². The molecule has 1 unspecified atom stereocenters. The van der Waals surface area contributed by atoms with Gasteiger partial charge in [0.1, 0.15) is 12.2 Å². The lowest BCUT2D eigenvalue weighted by atomic mass is 10.1. The maximum Gasteiger partial charge on any atom is 0.109 e. The second-order valence-corrected chi connectivity index (χ2v) is 6.20. The number of allylic oxidation sites excluding steroid dienone is 1. The van der Waals surface area contributed by atoms with Gasteiger partial charge in [-0.05, 0) is 51.6 Å². The van der Waals surface area contributed by atoms with E-state index in [9.17, 15) is 10.2 Å². The zero-order valence-electron chi connectivity index (χ0n) is 7.86. The first-order valence-electron chi connectivity index (χ1n) is 4.55. The van der Waals surface area contributed by atoms with Crippen molar-refractivity contribution in [3.05, 3.63) is 9.47 Å². The summed E-state index contributed by atoms with van der Waals surface area (Å²) in [6.45, 7) is 1.77.